The van der Waals surface area contributed by atoms with Crippen molar-refractivity contribution in [1.29, 1.82) is 0 Å². The zero-order valence-electron chi connectivity index (χ0n) is 13.5. The largest absolute Gasteiger partial charge is 0.478 e. The Hall–Kier alpha value is -2.12. The molecule has 0 rings (SSSR count). The van der Waals surface area contributed by atoms with Crippen LogP contribution < -0.4 is 0 Å². The topological polar surface area (TPSA) is 37.3 Å². The molecule has 21 heteroatoms. The Morgan fingerprint density at radius 1 is 0.469 bits per heavy atom. The summed E-state index contributed by atoms with van der Waals surface area (Å²) in [4.78, 5) is 10.4. The average molecular weight is 526 g/mol. The van der Waals surface area contributed by atoms with Gasteiger partial charge in [-0.1, -0.05) is 0 Å². The van der Waals surface area contributed by atoms with Gasteiger partial charge in [-0.25, -0.2) is 4.79 Å². The first-order valence-corrected chi connectivity index (χ1v) is 6.52. The summed E-state index contributed by atoms with van der Waals surface area (Å²) in [5.41, 5.74) is -10.8. The minimum atomic E-state index is -8.82. The molecule has 0 aliphatic heterocycles. The highest BCUT2D eigenvalue weighted by Gasteiger charge is 2.89. The van der Waals surface area contributed by atoms with Crippen molar-refractivity contribution in [3.05, 3.63) is 11.1 Å². The summed E-state index contributed by atoms with van der Waals surface area (Å²) in [7, 11) is 0. The van der Waals surface area contributed by atoms with Crippen LogP contribution >= 0.6 is 0 Å². The molecule has 0 fully saturated rings. The first-order chi connectivity index (χ1) is 13.4. The van der Waals surface area contributed by atoms with E-state index in [-0.39, 0.29) is 0 Å². The van der Waals surface area contributed by atoms with E-state index in [1.54, 1.807) is 0 Å². The van der Waals surface area contributed by atoms with Gasteiger partial charge in [0.05, 0.1) is 0 Å². The average Bonchev–Trinajstić information content (AvgIpc) is 2.47. The predicted octanol–water partition coefficient (Wildman–Crippen LogP) is 6.23. The zero-order valence-corrected chi connectivity index (χ0v) is 13.5. The number of halogens is 19. The Bertz CT molecular complexity index is 762. The molecular weight excluding hydrogens is 525 g/mol. The van der Waals surface area contributed by atoms with Gasteiger partial charge in [0, 0.05) is 0 Å². The molecule has 0 spiro atoms. The van der Waals surface area contributed by atoms with Crippen LogP contribution in [0.5, 0.6) is 0 Å². The Kier molecular flexibility index (Phi) is 6.96. The van der Waals surface area contributed by atoms with Crippen molar-refractivity contribution in [2.24, 2.45) is 0 Å². The third-order valence-corrected chi connectivity index (χ3v) is 3.27. The third kappa shape index (κ3) is 4.25. The molecule has 0 atom stereocenters. The highest BCUT2D eigenvalue weighted by atomic mass is 19.4. The van der Waals surface area contributed by atoms with Crippen molar-refractivity contribution in [2.45, 2.75) is 48.1 Å². The lowest BCUT2D eigenvalue weighted by atomic mass is 9.86. The van der Waals surface area contributed by atoms with Crippen molar-refractivity contribution in [3.63, 3.8) is 0 Å². The van der Waals surface area contributed by atoms with E-state index in [0.717, 1.165) is 0 Å². The quantitative estimate of drug-likeness (QED) is 0.329. The van der Waals surface area contributed by atoms with Gasteiger partial charge in [-0.3, -0.25) is 0 Å². The van der Waals surface area contributed by atoms with E-state index >= 15 is 0 Å². The fourth-order valence-electron chi connectivity index (χ4n) is 1.75. The number of hydrogen-bond acceptors (Lipinski definition) is 1. The second-order valence-electron chi connectivity index (χ2n) is 5.42. The summed E-state index contributed by atoms with van der Waals surface area (Å²) in [6.07, 6.45) is -23.3. The Morgan fingerprint density at radius 3 is 1.03 bits per heavy atom. The summed E-state index contributed by atoms with van der Waals surface area (Å²) >= 11 is 0. The maximum Gasteiger partial charge on any atom is 0.460 e. The molecule has 0 aliphatic carbocycles. The molecular formula is C11HF19O2. The van der Waals surface area contributed by atoms with Crippen LogP contribution in [0.1, 0.15) is 0 Å². The summed E-state index contributed by atoms with van der Waals surface area (Å²) < 4.78 is 243. The molecule has 0 aromatic carbocycles. The number of allylic oxidation sites excluding steroid dienone is 1. The fourth-order valence-corrected chi connectivity index (χ4v) is 1.75. The van der Waals surface area contributed by atoms with Crippen LogP contribution in [0, 0.1) is 0 Å². The zero-order chi connectivity index (χ0) is 26.7. The van der Waals surface area contributed by atoms with Crippen LogP contribution in [0.2, 0.25) is 0 Å². The van der Waals surface area contributed by atoms with Crippen LogP contribution in [-0.4, -0.2) is 59.2 Å². The number of carbonyl (C=O) groups is 1. The molecule has 190 valence electrons. The SMILES string of the molecule is O=C(O)C(=C(C(F)(F)C(F)(F)F)C(F)(F)C(F)(F)C(F)(F)C(F)(F)C(F)(F)F)C(F)(F)F. The van der Waals surface area contributed by atoms with Gasteiger partial charge in [0.1, 0.15) is 5.57 Å². The van der Waals surface area contributed by atoms with Gasteiger partial charge in [0.25, 0.3) is 0 Å². The van der Waals surface area contributed by atoms with Gasteiger partial charge < -0.3 is 5.11 Å². The van der Waals surface area contributed by atoms with Crippen LogP contribution in [0.15, 0.2) is 11.1 Å². The monoisotopic (exact) mass is 526 g/mol. The van der Waals surface area contributed by atoms with Crippen molar-refractivity contribution >= 4 is 5.97 Å². The molecule has 0 heterocycles. The normalized spacial score (nSPS) is 16.7. The van der Waals surface area contributed by atoms with E-state index in [2.05, 4.69) is 0 Å². The molecule has 0 unspecified atom stereocenters. The number of rotatable bonds is 6. The number of aliphatic carboxylic acids is 1. The second kappa shape index (κ2) is 7.45. The molecule has 0 aromatic rings. The number of carboxylic acids is 1. The van der Waals surface area contributed by atoms with Gasteiger partial charge >= 0.3 is 54.1 Å². The highest BCUT2D eigenvalue weighted by molar-refractivity contribution is 5.90. The Labute approximate surface area is 160 Å². The Balaban J connectivity index is 7.74. The summed E-state index contributed by atoms with van der Waals surface area (Å²) in [6.45, 7) is 0. The highest BCUT2D eigenvalue weighted by Crippen LogP contribution is 2.62. The van der Waals surface area contributed by atoms with Crippen molar-refractivity contribution < 1.29 is 93.3 Å². The van der Waals surface area contributed by atoms with Gasteiger partial charge in [-0.15, -0.1) is 0 Å². The third-order valence-electron chi connectivity index (χ3n) is 3.27. The van der Waals surface area contributed by atoms with E-state index in [1.807, 2.05) is 0 Å². The van der Waals surface area contributed by atoms with Crippen molar-refractivity contribution in [3.8, 4) is 0 Å². The van der Waals surface area contributed by atoms with E-state index in [4.69, 9.17) is 5.11 Å². The molecule has 0 amide bonds. The predicted molar refractivity (Wildman–Crippen MR) is 57.6 cm³/mol. The number of hydrogen-bond donors (Lipinski definition) is 1. The molecule has 0 bridgehead atoms. The number of alkyl halides is 19. The molecule has 32 heavy (non-hydrogen) atoms. The maximum atomic E-state index is 13.7. The minimum absolute atomic E-state index is 4.36. The smallest absolute Gasteiger partial charge is 0.460 e. The molecule has 0 aromatic heterocycles. The fraction of sp³-hybridized carbons (Fsp3) is 0.727. The minimum Gasteiger partial charge on any atom is -0.478 e. The summed E-state index contributed by atoms with van der Waals surface area (Å²) in [6, 6.07) is 0. The molecule has 0 saturated carbocycles. The summed E-state index contributed by atoms with van der Waals surface area (Å²) in [5.74, 6) is -47.0. The molecule has 0 saturated heterocycles. The first-order valence-electron chi connectivity index (χ1n) is 6.52. The van der Waals surface area contributed by atoms with E-state index in [9.17, 15) is 88.2 Å². The lowest BCUT2D eigenvalue weighted by molar-refractivity contribution is -0.421. The van der Waals surface area contributed by atoms with Crippen LogP contribution in [0.3, 0.4) is 0 Å². The van der Waals surface area contributed by atoms with Gasteiger partial charge in [0.15, 0.2) is 5.57 Å². The molecule has 0 radical (unpaired) electrons. The molecule has 1 N–H and O–H groups in total. The Morgan fingerprint density at radius 2 is 0.812 bits per heavy atom. The molecule has 2 nitrogen and oxygen atoms in total. The van der Waals surface area contributed by atoms with E-state index in [1.165, 1.54) is 0 Å². The standard InChI is InChI=1S/C11HF19O2/c12-4(13,7(19,20)8(21,22)9(23,24)11(28,29)30)2(5(14,15)10(25,26)27)1(3(31)32)6(16,17)18/h(H,31,32). The van der Waals surface area contributed by atoms with Crippen LogP contribution in [0.4, 0.5) is 83.4 Å². The van der Waals surface area contributed by atoms with Crippen molar-refractivity contribution in [1.82, 2.24) is 0 Å². The lowest BCUT2D eigenvalue weighted by Crippen LogP contribution is -2.68. The maximum absolute atomic E-state index is 13.7. The van der Waals surface area contributed by atoms with Gasteiger partial charge in [-0.05, 0) is 0 Å². The summed E-state index contributed by atoms with van der Waals surface area (Å²) in [5, 5.41) is 8.06. The second-order valence-corrected chi connectivity index (χ2v) is 5.42. The molecule has 0 aliphatic rings. The van der Waals surface area contributed by atoms with Crippen LogP contribution in [0.25, 0.3) is 0 Å². The van der Waals surface area contributed by atoms with Crippen LogP contribution in [-0.2, 0) is 4.79 Å². The number of carboxylic acid groups (broad SMARTS) is 1. The van der Waals surface area contributed by atoms with Gasteiger partial charge in [0.2, 0.25) is 0 Å². The van der Waals surface area contributed by atoms with E-state index in [0.29, 0.717) is 0 Å². The lowest BCUT2D eigenvalue weighted by Gasteiger charge is -2.40. The van der Waals surface area contributed by atoms with E-state index < -0.39 is 65.3 Å². The van der Waals surface area contributed by atoms with Gasteiger partial charge in [-0.2, -0.15) is 83.4 Å². The first kappa shape index (κ1) is 29.9. The van der Waals surface area contributed by atoms with Crippen molar-refractivity contribution in [2.75, 3.05) is 0 Å².